The molecule has 0 aliphatic carbocycles. The van der Waals surface area contributed by atoms with Gasteiger partial charge in [0.1, 0.15) is 5.75 Å². The van der Waals surface area contributed by atoms with E-state index in [-0.39, 0.29) is 11.2 Å². The number of nitrogens with one attached hydrogen (secondary N) is 1. The third-order valence-electron chi connectivity index (χ3n) is 4.83. The van der Waals surface area contributed by atoms with E-state index in [2.05, 4.69) is 43.5 Å². The predicted octanol–water partition coefficient (Wildman–Crippen LogP) is 3.87. The van der Waals surface area contributed by atoms with Gasteiger partial charge in [-0.1, -0.05) is 51.4 Å². The van der Waals surface area contributed by atoms with Gasteiger partial charge in [-0.05, 0) is 49.7 Å². The zero-order valence-corrected chi connectivity index (χ0v) is 15.2. The molecular formula is C19H18BrN3O2. The second-order valence-electron chi connectivity index (χ2n) is 6.28. The number of hydrogen-bond donors (Lipinski definition) is 2. The number of benzene rings is 2. The van der Waals surface area contributed by atoms with Crippen LogP contribution in [0.15, 0.2) is 57.5 Å². The molecule has 4 rings (SSSR count). The van der Waals surface area contributed by atoms with Crippen LogP contribution < -0.4 is 5.32 Å². The van der Waals surface area contributed by atoms with Crippen molar-refractivity contribution in [2.75, 3.05) is 13.1 Å². The average Bonchev–Trinajstić information content (AvgIpc) is 3.15. The highest BCUT2D eigenvalue weighted by Gasteiger charge is 2.40. The van der Waals surface area contributed by atoms with Crippen LogP contribution >= 0.6 is 15.9 Å². The Bertz CT molecular complexity index is 873. The van der Waals surface area contributed by atoms with Crippen molar-refractivity contribution in [1.29, 1.82) is 0 Å². The number of aromatic hydroxyl groups is 1. The van der Waals surface area contributed by atoms with Crippen LogP contribution in [0.25, 0.3) is 11.5 Å². The molecule has 5 nitrogen and oxygen atoms in total. The molecule has 1 fully saturated rings. The summed E-state index contributed by atoms with van der Waals surface area (Å²) in [6.07, 6.45) is 1.81. The first kappa shape index (κ1) is 16.3. The molecule has 1 aliphatic rings. The molecule has 1 aromatic heterocycles. The van der Waals surface area contributed by atoms with Gasteiger partial charge in [-0.2, -0.15) is 4.98 Å². The van der Waals surface area contributed by atoms with Gasteiger partial charge >= 0.3 is 0 Å². The zero-order valence-electron chi connectivity index (χ0n) is 13.6. The van der Waals surface area contributed by atoms with Crippen molar-refractivity contribution in [2.24, 2.45) is 0 Å². The normalized spacial score (nSPS) is 16.7. The lowest BCUT2D eigenvalue weighted by Gasteiger charge is -2.35. The minimum atomic E-state index is -0.268. The molecule has 2 aromatic carbocycles. The van der Waals surface area contributed by atoms with Crippen LogP contribution in [0.1, 0.15) is 24.2 Å². The summed E-state index contributed by atoms with van der Waals surface area (Å²) in [7, 11) is 0. The van der Waals surface area contributed by atoms with Crippen LogP contribution in [0.2, 0.25) is 0 Å². The van der Waals surface area contributed by atoms with Crippen molar-refractivity contribution < 1.29 is 9.63 Å². The number of nitrogens with zero attached hydrogens (tertiary/aromatic N) is 2. The molecule has 1 saturated heterocycles. The van der Waals surface area contributed by atoms with E-state index < -0.39 is 0 Å². The van der Waals surface area contributed by atoms with Crippen LogP contribution in [0.4, 0.5) is 0 Å². The smallest absolute Gasteiger partial charge is 0.261 e. The minimum Gasteiger partial charge on any atom is -0.507 e. The fourth-order valence-electron chi connectivity index (χ4n) is 3.46. The molecule has 0 unspecified atom stereocenters. The van der Waals surface area contributed by atoms with Crippen molar-refractivity contribution >= 4 is 15.9 Å². The summed E-state index contributed by atoms with van der Waals surface area (Å²) in [5, 5.41) is 17.8. The maximum absolute atomic E-state index is 10.1. The van der Waals surface area contributed by atoms with Crippen molar-refractivity contribution in [3.8, 4) is 17.2 Å². The lowest BCUT2D eigenvalue weighted by Crippen LogP contribution is -2.41. The summed E-state index contributed by atoms with van der Waals surface area (Å²) < 4.78 is 6.37. The number of rotatable bonds is 3. The van der Waals surface area contributed by atoms with Crippen LogP contribution in [0.3, 0.4) is 0 Å². The van der Waals surface area contributed by atoms with Gasteiger partial charge in [-0.25, -0.2) is 0 Å². The summed E-state index contributed by atoms with van der Waals surface area (Å²) in [6.45, 7) is 1.81. The Morgan fingerprint density at radius 3 is 2.60 bits per heavy atom. The lowest BCUT2D eigenvalue weighted by atomic mass is 9.72. The van der Waals surface area contributed by atoms with Gasteiger partial charge in [0.2, 0.25) is 0 Å². The third kappa shape index (κ3) is 2.96. The highest BCUT2D eigenvalue weighted by atomic mass is 79.9. The summed E-state index contributed by atoms with van der Waals surface area (Å²) in [5.41, 5.74) is 1.46. The first-order valence-electron chi connectivity index (χ1n) is 8.28. The Morgan fingerprint density at radius 2 is 1.84 bits per heavy atom. The van der Waals surface area contributed by atoms with Gasteiger partial charge in [0.25, 0.3) is 5.89 Å². The molecule has 2 N–H and O–H groups in total. The molecule has 0 spiro atoms. The van der Waals surface area contributed by atoms with Gasteiger partial charge < -0.3 is 14.9 Å². The second kappa shape index (κ2) is 6.61. The van der Waals surface area contributed by atoms with E-state index in [9.17, 15) is 5.11 Å². The summed E-state index contributed by atoms with van der Waals surface area (Å²) in [5.74, 6) is 1.13. The Hall–Kier alpha value is -2.18. The molecule has 6 heteroatoms. The van der Waals surface area contributed by atoms with Crippen LogP contribution in [0.5, 0.6) is 5.75 Å². The van der Waals surface area contributed by atoms with E-state index in [0.717, 1.165) is 30.4 Å². The van der Waals surface area contributed by atoms with Gasteiger partial charge in [-0.3, -0.25) is 0 Å². The lowest BCUT2D eigenvalue weighted by molar-refractivity contribution is 0.326. The fourth-order valence-corrected chi connectivity index (χ4v) is 3.82. The highest BCUT2D eigenvalue weighted by Crippen LogP contribution is 2.40. The summed E-state index contributed by atoms with van der Waals surface area (Å²) in [4.78, 5) is 4.67. The molecule has 0 saturated carbocycles. The molecular weight excluding hydrogens is 382 g/mol. The van der Waals surface area contributed by atoms with E-state index in [1.54, 1.807) is 18.2 Å². The van der Waals surface area contributed by atoms with E-state index in [0.29, 0.717) is 17.3 Å². The summed E-state index contributed by atoms with van der Waals surface area (Å²) in [6, 6.07) is 15.5. The topological polar surface area (TPSA) is 71.2 Å². The van der Waals surface area contributed by atoms with Gasteiger partial charge in [0.15, 0.2) is 5.82 Å². The number of aromatic nitrogens is 2. The Kier molecular flexibility index (Phi) is 4.31. The largest absolute Gasteiger partial charge is 0.507 e. The van der Waals surface area contributed by atoms with Gasteiger partial charge in [0.05, 0.1) is 11.0 Å². The third-order valence-corrected chi connectivity index (χ3v) is 5.32. The number of phenolic OH excluding ortho intramolecular Hbond substituents is 1. The van der Waals surface area contributed by atoms with Crippen LogP contribution in [-0.2, 0) is 5.41 Å². The number of piperidine rings is 1. The van der Waals surface area contributed by atoms with Crippen molar-refractivity contribution in [3.63, 3.8) is 0 Å². The highest BCUT2D eigenvalue weighted by molar-refractivity contribution is 9.10. The number of halogens is 1. The molecule has 0 atom stereocenters. The molecule has 3 aromatic rings. The van der Waals surface area contributed by atoms with Gasteiger partial charge in [0, 0.05) is 4.47 Å². The maximum Gasteiger partial charge on any atom is 0.261 e. The van der Waals surface area contributed by atoms with E-state index in [4.69, 9.17) is 4.52 Å². The molecule has 0 amide bonds. The second-order valence-corrected chi connectivity index (χ2v) is 7.20. The molecule has 25 heavy (non-hydrogen) atoms. The summed E-state index contributed by atoms with van der Waals surface area (Å²) >= 11 is 3.42. The first-order chi connectivity index (χ1) is 12.2. The molecule has 0 radical (unpaired) electrons. The monoisotopic (exact) mass is 399 g/mol. The van der Waals surface area contributed by atoms with Crippen molar-refractivity contribution in [3.05, 3.63) is 64.4 Å². The fraction of sp³-hybridized carbons (Fsp3) is 0.263. The average molecular weight is 400 g/mol. The molecule has 128 valence electrons. The van der Waals surface area contributed by atoms with E-state index in [1.165, 1.54) is 5.56 Å². The SMILES string of the molecule is Oc1ccc(Br)cc1-c1nc(C2(c3ccccc3)CCNCC2)no1. The number of phenols is 1. The Balaban J connectivity index is 1.80. The van der Waals surface area contributed by atoms with Crippen molar-refractivity contribution in [1.82, 2.24) is 15.5 Å². The van der Waals surface area contributed by atoms with Crippen LogP contribution in [-0.4, -0.2) is 28.3 Å². The predicted molar refractivity (Wildman–Crippen MR) is 98.4 cm³/mol. The number of hydrogen-bond acceptors (Lipinski definition) is 5. The maximum atomic E-state index is 10.1. The minimum absolute atomic E-state index is 0.123. The standard InChI is InChI=1S/C19H18BrN3O2/c20-14-6-7-16(24)15(12-14)17-22-18(23-25-17)19(8-10-21-11-9-19)13-4-2-1-3-5-13/h1-7,12,21,24H,8-11H2. The Labute approximate surface area is 154 Å². The molecule has 2 heterocycles. The zero-order chi connectivity index (χ0) is 17.3. The van der Waals surface area contributed by atoms with E-state index in [1.807, 2.05) is 18.2 Å². The molecule has 1 aliphatic heterocycles. The van der Waals surface area contributed by atoms with E-state index >= 15 is 0 Å². The molecule has 0 bridgehead atoms. The first-order valence-corrected chi connectivity index (χ1v) is 9.08. The van der Waals surface area contributed by atoms with Gasteiger partial charge in [-0.15, -0.1) is 0 Å². The quantitative estimate of drug-likeness (QED) is 0.699. The van der Waals surface area contributed by atoms with Crippen LogP contribution in [0, 0.1) is 0 Å². The van der Waals surface area contributed by atoms with Crippen molar-refractivity contribution in [2.45, 2.75) is 18.3 Å². The Morgan fingerprint density at radius 1 is 1.08 bits per heavy atom.